The topological polar surface area (TPSA) is 24.9 Å². The van der Waals surface area contributed by atoms with Crippen molar-refractivity contribution < 1.29 is 9.47 Å². The lowest BCUT2D eigenvalue weighted by Crippen LogP contribution is -2.51. The second kappa shape index (κ2) is 6.77. The van der Waals surface area contributed by atoms with Crippen molar-refractivity contribution in [2.45, 2.75) is 24.9 Å². The van der Waals surface area contributed by atoms with Crippen LogP contribution in [0.3, 0.4) is 0 Å². The van der Waals surface area contributed by atoms with Gasteiger partial charge in [-0.25, -0.2) is 0 Å². The van der Waals surface area contributed by atoms with Gasteiger partial charge in [-0.3, -0.25) is 9.80 Å². The summed E-state index contributed by atoms with van der Waals surface area (Å²) in [5.74, 6) is 0.929. The van der Waals surface area contributed by atoms with Crippen molar-refractivity contribution in [3.8, 4) is 5.75 Å². The first-order valence-corrected chi connectivity index (χ1v) is 7.94. The smallest absolute Gasteiger partial charge is 0.118 e. The average molecular weight is 290 g/mol. The molecule has 0 amide bonds. The lowest BCUT2D eigenvalue weighted by atomic mass is 9.99. The van der Waals surface area contributed by atoms with Crippen LogP contribution in [0.4, 0.5) is 0 Å². The summed E-state index contributed by atoms with van der Waals surface area (Å²) >= 11 is 0. The van der Waals surface area contributed by atoms with Gasteiger partial charge in [-0.05, 0) is 37.6 Å². The molecule has 2 fully saturated rings. The molecule has 0 saturated carbocycles. The molecule has 1 aromatic carbocycles. The molecular formula is C17H26N2O2. The second-order valence-corrected chi connectivity index (χ2v) is 6.11. The molecule has 0 aliphatic carbocycles. The Morgan fingerprint density at radius 3 is 2.48 bits per heavy atom. The third kappa shape index (κ3) is 3.39. The zero-order chi connectivity index (χ0) is 14.7. The molecule has 116 valence electrons. The minimum Gasteiger partial charge on any atom is -0.497 e. The molecule has 1 atom stereocenters. The highest BCUT2D eigenvalue weighted by Crippen LogP contribution is 2.28. The third-order valence-electron chi connectivity index (χ3n) is 4.89. The van der Waals surface area contributed by atoms with Crippen molar-refractivity contribution >= 4 is 0 Å². The molecule has 2 aliphatic rings. The van der Waals surface area contributed by atoms with Crippen LogP contribution in [0.1, 0.15) is 24.4 Å². The first-order chi connectivity index (χ1) is 10.3. The molecule has 4 nitrogen and oxygen atoms in total. The van der Waals surface area contributed by atoms with E-state index >= 15 is 0 Å². The van der Waals surface area contributed by atoms with E-state index in [1.807, 2.05) is 0 Å². The molecular weight excluding hydrogens is 264 g/mol. The predicted molar refractivity (Wildman–Crippen MR) is 83.8 cm³/mol. The van der Waals surface area contributed by atoms with E-state index in [0.29, 0.717) is 12.1 Å². The maximum atomic E-state index is 5.50. The zero-order valence-electron chi connectivity index (χ0n) is 13.1. The highest BCUT2D eigenvalue weighted by molar-refractivity contribution is 5.29. The number of piperazine rings is 1. The summed E-state index contributed by atoms with van der Waals surface area (Å²) < 4.78 is 10.8. The van der Waals surface area contributed by atoms with Crippen LogP contribution < -0.4 is 4.74 Å². The fourth-order valence-corrected chi connectivity index (χ4v) is 3.46. The summed E-state index contributed by atoms with van der Waals surface area (Å²) in [5.41, 5.74) is 1.38. The van der Waals surface area contributed by atoms with Gasteiger partial charge in [0.15, 0.2) is 0 Å². The van der Waals surface area contributed by atoms with Gasteiger partial charge in [0.05, 0.1) is 7.11 Å². The summed E-state index contributed by atoms with van der Waals surface area (Å²) in [5, 5.41) is 0. The van der Waals surface area contributed by atoms with E-state index in [-0.39, 0.29) is 0 Å². The molecule has 2 heterocycles. The first kappa shape index (κ1) is 14.8. The molecule has 0 N–H and O–H groups in total. The van der Waals surface area contributed by atoms with Crippen LogP contribution in [0.5, 0.6) is 5.75 Å². The number of ether oxygens (including phenoxy) is 2. The minimum absolute atomic E-state index is 0.479. The van der Waals surface area contributed by atoms with Crippen LogP contribution >= 0.6 is 0 Å². The van der Waals surface area contributed by atoms with Crippen molar-refractivity contribution in [2.75, 3.05) is 47.0 Å². The molecule has 0 aromatic heterocycles. The van der Waals surface area contributed by atoms with Crippen LogP contribution in [-0.2, 0) is 4.74 Å². The lowest BCUT2D eigenvalue weighted by Gasteiger charge is -2.44. The second-order valence-electron chi connectivity index (χ2n) is 6.11. The maximum Gasteiger partial charge on any atom is 0.118 e. The quantitative estimate of drug-likeness (QED) is 0.852. The standard InChI is InChI=1S/C17H26N2O2/c1-18-9-10-19(15-7-11-21-12-8-15)13-17(18)14-3-5-16(20-2)6-4-14/h3-6,15,17H,7-13H2,1-2H3/t17-/m1/s1. The van der Waals surface area contributed by atoms with Gasteiger partial charge in [-0.1, -0.05) is 12.1 Å². The Hall–Kier alpha value is -1.10. The maximum absolute atomic E-state index is 5.50. The lowest BCUT2D eigenvalue weighted by molar-refractivity contribution is 0.000993. The normalized spacial score (nSPS) is 25.9. The number of benzene rings is 1. The highest BCUT2D eigenvalue weighted by atomic mass is 16.5. The predicted octanol–water partition coefficient (Wildman–Crippen LogP) is 2.16. The molecule has 0 spiro atoms. The van der Waals surface area contributed by atoms with Gasteiger partial charge in [0.1, 0.15) is 5.75 Å². The Balaban J connectivity index is 1.70. The van der Waals surface area contributed by atoms with Crippen molar-refractivity contribution in [3.05, 3.63) is 29.8 Å². The SMILES string of the molecule is COc1ccc([C@H]2CN(C3CCOCC3)CCN2C)cc1. The van der Waals surface area contributed by atoms with Gasteiger partial charge < -0.3 is 9.47 Å². The number of likely N-dealkylation sites (N-methyl/N-ethyl adjacent to an activating group) is 1. The number of nitrogens with zero attached hydrogens (tertiary/aromatic N) is 2. The highest BCUT2D eigenvalue weighted by Gasteiger charge is 2.30. The van der Waals surface area contributed by atoms with Crippen molar-refractivity contribution in [3.63, 3.8) is 0 Å². The molecule has 2 saturated heterocycles. The molecule has 21 heavy (non-hydrogen) atoms. The van der Waals surface area contributed by atoms with E-state index in [0.717, 1.165) is 32.1 Å². The van der Waals surface area contributed by atoms with Crippen LogP contribution in [0.2, 0.25) is 0 Å². The molecule has 4 heteroatoms. The Morgan fingerprint density at radius 1 is 1.10 bits per heavy atom. The van der Waals surface area contributed by atoms with Crippen molar-refractivity contribution in [1.29, 1.82) is 0 Å². The average Bonchev–Trinajstić information content (AvgIpc) is 2.56. The monoisotopic (exact) mass is 290 g/mol. The fourth-order valence-electron chi connectivity index (χ4n) is 3.46. The van der Waals surface area contributed by atoms with E-state index in [4.69, 9.17) is 9.47 Å². The van der Waals surface area contributed by atoms with Crippen molar-refractivity contribution in [2.24, 2.45) is 0 Å². The van der Waals surface area contributed by atoms with E-state index < -0.39 is 0 Å². The molecule has 0 bridgehead atoms. The number of rotatable bonds is 3. The van der Waals surface area contributed by atoms with Crippen LogP contribution in [0.25, 0.3) is 0 Å². The Kier molecular flexibility index (Phi) is 4.78. The summed E-state index contributed by atoms with van der Waals surface area (Å²) in [6, 6.07) is 9.72. The summed E-state index contributed by atoms with van der Waals surface area (Å²) in [6.45, 7) is 5.27. The Morgan fingerprint density at radius 2 is 1.81 bits per heavy atom. The number of hydrogen-bond donors (Lipinski definition) is 0. The van der Waals surface area contributed by atoms with E-state index in [1.165, 1.54) is 24.9 Å². The Bertz CT molecular complexity index is 443. The minimum atomic E-state index is 0.479. The molecule has 0 radical (unpaired) electrons. The fraction of sp³-hybridized carbons (Fsp3) is 0.647. The van der Waals surface area contributed by atoms with E-state index in [2.05, 4.69) is 41.1 Å². The first-order valence-electron chi connectivity index (χ1n) is 7.94. The van der Waals surface area contributed by atoms with Crippen LogP contribution in [0, 0.1) is 0 Å². The van der Waals surface area contributed by atoms with Gasteiger partial charge in [0, 0.05) is 44.9 Å². The molecule has 0 unspecified atom stereocenters. The zero-order valence-corrected chi connectivity index (χ0v) is 13.1. The van der Waals surface area contributed by atoms with Crippen LogP contribution in [0.15, 0.2) is 24.3 Å². The molecule has 1 aromatic rings. The van der Waals surface area contributed by atoms with E-state index in [1.54, 1.807) is 7.11 Å². The summed E-state index contributed by atoms with van der Waals surface area (Å²) in [4.78, 5) is 5.13. The van der Waals surface area contributed by atoms with Crippen molar-refractivity contribution in [1.82, 2.24) is 9.80 Å². The van der Waals surface area contributed by atoms with Gasteiger partial charge in [0.2, 0.25) is 0 Å². The summed E-state index contributed by atoms with van der Waals surface area (Å²) in [6.07, 6.45) is 2.36. The number of methoxy groups -OCH3 is 1. The van der Waals surface area contributed by atoms with E-state index in [9.17, 15) is 0 Å². The molecule has 2 aliphatic heterocycles. The van der Waals surface area contributed by atoms with Gasteiger partial charge >= 0.3 is 0 Å². The van der Waals surface area contributed by atoms with Crippen LogP contribution in [-0.4, -0.2) is 62.8 Å². The Labute approximate surface area is 127 Å². The van der Waals surface area contributed by atoms with Gasteiger partial charge in [0.25, 0.3) is 0 Å². The van der Waals surface area contributed by atoms with Gasteiger partial charge in [-0.15, -0.1) is 0 Å². The number of hydrogen-bond acceptors (Lipinski definition) is 4. The largest absolute Gasteiger partial charge is 0.497 e. The van der Waals surface area contributed by atoms with Gasteiger partial charge in [-0.2, -0.15) is 0 Å². The molecule has 3 rings (SSSR count). The summed E-state index contributed by atoms with van der Waals surface area (Å²) in [7, 11) is 3.95. The third-order valence-corrected chi connectivity index (χ3v) is 4.89.